The predicted molar refractivity (Wildman–Crippen MR) is 106 cm³/mol. The molecule has 0 saturated heterocycles. The average molecular weight is 448 g/mol. The Morgan fingerprint density at radius 2 is 2.03 bits per heavy atom. The first-order chi connectivity index (χ1) is 13.9. The van der Waals surface area contributed by atoms with E-state index in [9.17, 15) is 18.0 Å². The zero-order valence-corrected chi connectivity index (χ0v) is 17.8. The summed E-state index contributed by atoms with van der Waals surface area (Å²) in [5, 5.41) is 1.57. The summed E-state index contributed by atoms with van der Waals surface area (Å²) in [7, 11) is 0. The number of aromatic nitrogens is 1. The van der Waals surface area contributed by atoms with Crippen LogP contribution in [0.3, 0.4) is 0 Å². The van der Waals surface area contributed by atoms with Gasteiger partial charge in [0, 0.05) is 12.8 Å². The minimum Gasteiger partial charge on any atom is -0.456 e. The number of hydrogen-bond acceptors (Lipinski definition) is 6. The van der Waals surface area contributed by atoms with Gasteiger partial charge in [0.2, 0.25) is 0 Å². The molecule has 1 saturated carbocycles. The highest BCUT2D eigenvalue weighted by Crippen LogP contribution is 2.60. The number of alkyl halides is 3. The van der Waals surface area contributed by atoms with Crippen molar-refractivity contribution in [3.05, 3.63) is 35.1 Å². The highest BCUT2D eigenvalue weighted by Gasteiger charge is 2.62. The standard InChI is InChI=1S/C20H25ClF3N3O3/c1-18(2,3)30-17(28)13-5-6-14(25-16(13)21)27-11-7-15(26-27)29-12-4-8-19(9-10-19)20(22,23)24/h5-7,11,15,26H,4,8-10,12H2,1-3H3. The van der Waals surface area contributed by atoms with Crippen LogP contribution in [0.5, 0.6) is 0 Å². The molecule has 0 radical (unpaired) electrons. The fourth-order valence-electron chi connectivity index (χ4n) is 3.11. The Morgan fingerprint density at radius 3 is 2.60 bits per heavy atom. The molecule has 1 aromatic heterocycles. The van der Waals surface area contributed by atoms with Crippen molar-refractivity contribution < 1.29 is 27.4 Å². The summed E-state index contributed by atoms with van der Waals surface area (Å²) < 4.78 is 49.7. The van der Waals surface area contributed by atoms with E-state index in [1.807, 2.05) is 0 Å². The van der Waals surface area contributed by atoms with Crippen molar-refractivity contribution in [2.45, 2.75) is 64.5 Å². The van der Waals surface area contributed by atoms with Gasteiger partial charge in [0.15, 0.2) is 0 Å². The topological polar surface area (TPSA) is 63.7 Å². The number of halogens is 4. The molecular weight excluding hydrogens is 423 g/mol. The first kappa shape index (κ1) is 22.8. The van der Waals surface area contributed by atoms with Gasteiger partial charge in [-0.05, 0) is 64.7 Å². The molecule has 1 aliphatic heterocycles. The van der Waals surface area contributed by atoms with E-state index < -0.39 is 29.4 Å². The van der Waals surface area contributed by atoms with E-state index >= 15 is 0 Å². The number of pyridine rings is 1. The lowest BCUT2D eigenvalue weighted by Crippen LogP contribution is -2.37. The molecule has 1 unspecified atom stereocenters. The predicted octanol–water partition coefficient (Wildman–Crippen LogP) is 4.99. The summed E-state index contributed by atoms with van der Waals surface area (Å²) >= 11 is 6.14. The zero-order valence-electron chi connectivity index (χ0n) is 17.1. The number of hydrazine groups is 1. The Balaban J connectivity index is 1.48. The maximum absolute atomic E-state index is 12.9. The minimum atomic E-state index is -4.13. The maximum atomic E-state index is 12.9. The van der Waals surface area contributed by atoms with Crippen molar-refractivity contribution >= 4 is 23.4 Å². The van der Waals surface area contributed by atoms with Gasteiger partial charge in [0.25, 0.3) is 0 Å². The van der Waals surface area contributed by atoms with Gasteiger partial charge in [-0.15, -0.1) is 0 Å². The number of esters is 1. The zero-order chi connectivity index (χ0) is 22.2. The van der Waals surface area contributed by atoms with Crippen LogP contribution in [-0.2, 0) is 9.47 Å². The third kappa shape index (κ3) is 5.44. The number of anilines is 1. The van der Waals surface area contributed by atoms with Crippen molar-refractivity contribution in [2.24, 2.45) is 5.41 Å². The maximum Gasteiger partial charge on any atom is 0.394 e. The smallest absolute Gasteiger partial charge is 0.394 e. The van der Waals surface area contributed by atoms with Gasteiger partial charge in [-0.3, -0.25) is 5.01 Å². The molecule has 1 N–H and O–H groups in total. The van der Waals surface area contributed by atoms with Crippen molar-refractivity contribution in [1.82, 2.24) is 10.4 Å². The van der Waals surface area contributed by atoms with Crippen LogP contribution >= 0.6 is 11.6 Å². The first-order valence-electron chi connectivity index (χ1n) is 9.72. The van der Waals surface area contributed by atoms with Crippen LogP contribution in [0.15, 0.2) is 24.4 Å². The van der Waals surface area contributed by atoms with E-state index in [-0.39, 0.29) is 36.6 Å². The normalized spacial score (nSPS) is 20.5. The lowest BCUT2D eigenvalue weighted by Gasteiger charge is -2.22. The molecule has 0 aromatic carbocycles. The van der Waals surface area contributed by atoms with E-state index in [0.717, 1.165) is 0 Å². The molecule has 1 atom stereocenters. The Kier molecular flexibility index (Phi) is 6.36. The third-order valence-corrected chi connectivity index (χ3v) is 5.22. The Labute approximate surface area is 178 Å². The van der Waals surface area contributed by atoms with Crippen LogP contribution < -0.4 is 10.4 Å². The molecule has 0 amide bonds. The SMILES string of the molecule is CC(C)(C)OC(=O)c1ccc(N2C=CC(OCCCC3(C(F)(F)F)CC3)N2)nc1Cl. The Morgan fingerprint density at radius 1 is 1.33 bits per heavy atom. The molecular formula is C20H25ClF3N3O3. The van der Waals surface area contributed by atoms with Crippen molar-refractivity contribution in [3.8, 4) is 0 Å². The molecule has 2 aliphatic rings. The Bertz CT molecular complexity index is 820. The molecule has 3 rings (SSSR count). The molecule has 6 nitrogen and oxygen atoms in total. The molecule has 0 spiro atoms. The number of carbonyl (C=O) groups is 1. The van der Waals surface area contributed by atoms with Gasteiger partial charge in [0.1, 0.15) is 22.8 Å². The van der Waals surface area contributed by atoms with Crippen molar-refractivity contribution in [3.63, 3.8) is 0 Å². The highest BCUT2D eigenvalue weighted by atomic mass is 35.5. The summed E-state index contributed by atoms with van der Waals surface area (Å²) in [5.74, 6) is -0.131. The summed E-state index contributed by atoms with van der Waals surface area (Å²) in [6.45, 7) is 5.48. The monoisotopic (exact) mass is 447 g/mol. The fourth-order valence-corrected chi connectivity index (χ4v) is 3.34. The van der Waals surface area contributed by atoms with Crippen LogP contribution in [0.25, 0.3) is 0 Å². The molecule has 30 heavy (non-hydrogen) atoms. The number of hydrogen-bond donors (Lipinski definition) is 1. The van der Waals surface area contributed by atoms with E-state index in [4.69, 9.17) is 21.1 Å². The number of carbonyl (C=O) groups excluding carboxylic acids is 1. The molecule has 166 valence electrons. The van der Waals surface area contributed by atoms with Crippen molar-refractivity contribution in [1.29, 1.82) is 0 Å². The molecule has 1 aliphatic carbocycles. The van der Waals surface area contributed by atoms with Crippen LogP contribution in [0.2, 0.25) is 5.15 Å². The third-order valence-electron chi connectivity index (χ3n) is 4.93. The molecule has 10 heteroatoms. The summed E-state index contributed by atoms with van der Waals surface area (Å²) in [5.41, 5.74) is 1.01. The molecule has 1 aromatic rings. The summed E-state index contributed by atoms with van der Waals surface area (Å²) in [4.78, 5) is 16.4. The van der Waals surface area contributed by atoms with E-state index in [0.29, 0.717) is 12.2 Å². The van der Waals surface area contributed by atoms with Gasteiger partial charge >= 0.3 is 12.1 Å². The number of nitrogens with one attached hydrogen (secondary N) is 1. The van der Waals surface area contributed by atoms with Crippen LogP contribution in [0.4, 0.5) is 19.0 Å². The molecule has 1 fully saturated rings. The lowest BCUT2D eigenvalue weighted by molar-refractivity contribution is -0.189. The second-order valence-electron chi connectivity index (χ2n) is 8.52. The van der Waals surface area contributed by atoms with Gasteiger partial charge in [-0.25, -0.2) is 9.78 Å². The summed E-state index contributed by atoms with van der Waals surface area (Å²) in [6, 6.07) is 3.12. The van der Waals surface area contributed by atoms with Crippen molar-refractivity contribution in [2.75, 3.05) is 11.6 Å². The van der Waals surface area contributed by atoms with Crippen LogP contribution in [0.1, 0.15) is 56.8 Å². The second-order valence-corrected chi connectivity index (χ2v) is 8.88. The van der Waals surface area contributed by atoms with Gasteiger partial charge in [0.05, 0.1) is 11.0 Å². The van der Waals surface area contributed by atoms with E-state index in [1.165, 1.54) is 6.07 Å². The fraction of sp³-hybridized carbons (Fsp3) is 0.600. The highest BCUT2D eigenvalue weighted by molar-refractivity contribution is 6.32. The summed E-state index contributed by atoms with van der Waals surface area (Å²) in [6.07, 6.45) is -0.402. The van der Waals surface area contributed by atoms with Crippen LogP contribution in [-0.4, -0.2) is 35.6 Å². The van der Waals surface area contributed by atoms with E-state index in [2.05, 4.69) is 10.4 Å². The van der Waals surface area contributed by atoms with Gasteiger partial charge in [-0.2, -0.15) is 18.6 Å². The van der Waals surface area contributed by atoms with Gasteiger partial charge in [-0.1, -0.05) is 11.6 Å². The van der Waals surface area contributed by atoms with Gasteiger partial charge < -0.3 is 9.47 Å². The molecule has 0 bridgehead atoms. The lowest BCUT2D eigenvalue weighted by atomic mass is 10.00. The van der Waals surface area contributed by atoms with E-state index in [1.54, 1.807) is 44.1 Å². The second kappa shape index (κ2) is 8.36. The number of nitrogens with zero attached hydrogens (tertiary/aromatic N) is 2. The quantitative estimate of drug-likeness (QED) is 0.361. The molecule has 2 heterocycles. The average Bonchev–Trinajstić information content (AvgIpc) is 3.27. The Hall–Kier alpha value is -1.84. The number of ether oxygens (including phenoxy) is 2. The minimum absolute atomic E-state index is 0.00296. The first-order valence-corrected chi connectivity index (χ1v) is 10.1. The van der Waals surface area contributed by atoms with Crippen LogP contribution in [0, 0.1) is 5.41 Å². The number of rotatable bonds is 7. The largest absolute Gasteiger partial charge is 0.456 e.